The van der Waals surface area contributed by atoms with Crippen LogP contribution in [0.4, 0.5) is 10.5 Å². The van der Waals surface area contributed by atoms with Gasteiger partial charge in [-0.1, -0.05) is 12.1 Å². The van der Waals surface area contributed by atoms with E-state index in [2.05, 4.69) is 5.32 Å². The summed E-state index contributed by atoms with van der Waals surface area (Å²) in [7, 11) is 0. The highest BCUT2D eigenvalue weighted by atomic mass is 16.5. The second kappa shape index (κ2) is 8.03. The number of benzene rings is 2. The summed E-state index contributed by atoms with van der Waals surface area (Å²) in [6.45, 7) is 3.50. The molecular formula is C20H24N2O3. The van der Waals surface area contributed by atoms with Crippen LogP contribution in [0.3, 0.4) is 0 Å². The minimum Gasteiger partial charge on any atom is -0.457 e. The SMILES string of the molecule is Cc1cccc(Oc2ccc(NC(=O)N3CCCC(CO)C3)cc2)c1. The van der Waals surface area contributed by atoms with Gasteiger partial charge in [-0.3, -0.25) is 0 Å². The van der Waals surface area contributed by atoms with Gasteiger partial charge in [0.15, 0.2) is 0 Å². The summed E-state index contributed by atoms with van der Waals surface area (Å²) in [5.41, 5.74) is 1.87. The van der Waals surface area contributed by atoms with E-state index in [9.17, 15) is 9.90 Å². The third-order valence-electron chi connectivity index (χ3n) is 4.40. The number of piperidine rings is 1. The number of likely N-dealkylation sites (tertiary alicyclic amines) is 1. The van der Waals surface area contributed by atoms with Gasteiger partial charge in [0.05, 0.1) is 0 Å². The predicted molar refractivity (Wildman–Crippen MR) is 98.1 cm³/mol. The van der Waals surface area contributed by atoms with Gasteiger partial charge in [-0.2, -0.15) is 0 Å². The molecule has 1 unspecified atom stereocenters. The van der Waals surface area contributed by atoms with Crippen molar-refractivity contribution in [3.63, 3.8) is 0 Å². The van der Waals surface area contributed by atoms with E-state index in [0.717, 1.165) is 42.1 Å². The van der Waals surface area contributed by atoms with Gasteiger partial charge in [-0.15, -0.1) is 0 Å². The van der Waals surface area contributed by atoms with Crippen LogP contribution in [0.1, 0.15) is 18.4 Å². The van der Waals surface area contributed by atoms with Gasteiger partial charge in [-0.05, 0) is 67.6 Å². The molecule has 5 heteroatoms. The normalized spacial score (nSPS) is 17.2. The van der Waals surface area contributed by atoms with E-state index in [1.54, 1.807) is 4.90 Å². The second-order valence-electron chi connectivity index (χ2n) is 6.51. The summed E-state index contributed by atoms with van der Waals surface area (Å²) < 4.78 is 5.81. The van der Waals surface area contributed by atoms with Crippen LogP contribution in [0.5, 0.6) is 11.5 Å². The van der Waals surface area contributed by atoms with Gasteiger partial charge in [0, 0.05) is 25.4 Å². The van der Waals surface area contributed by atoms with E-state index in [1.807, 2.05) is 55.5 Å². The summed E-state index contributed by atoms with van der Waals surface area (Å²) >= 11 is 0. The average Bonchev–Trinajstić information content (AvgIpc) is 2.63. The Balaban J connectivity index is 1.58. The fourth-order valence-corrected chi connectivity index (χ4v) is 3.02. The molecule has 1 fully saturated rings. The molecule has 1 aliphatic heterocycles. The van der Waals surface area contributed by atoms with E-state index < -0.39 is 0 Å². The molecule has 2 amide bonds. The van der Waals surface area contributed by atoms with Crippen LogP contribution < -0.4 is 10.1 Å². The monoisotopic (exact) mass is 340 g/mol. The number of hydrogen-bond donors (Lipinski definition) is 2. The molecule has 0 aromatic heterocycles. The molecule has 25 heavy (non-hydrogen) atoms. The van der Waals surface area contributed by atoms with Crippen LogP contribution >= 0.6 is 0 Å². The zero-order valence-electron chi connectivity index (χ0n) is 14.4. The van der Waals surface area contributed by atoms with Crippen molar-refractivity contribution in [3.8, 4) is 11.5 Å². The van der Waals surface area contributed by atoms with E-state index in [0.29, 0.717) is 6.54 Å². The number of ether oxygens (including phenoxy) is 1. The fourth-order valence-electron chi connectivity index (χ4n) is 3.02. The molecule has 1 heterocycles. The lowest BCUT2D eigenvalue weighted by Crippen LogP contribution is -2.43. The summed E-state index contributed by atoms with van der Waals surface area (Å²) in [6.07, 6.45) is 1.91. The number of nitrogens with one attached hydrogen (secondary N) is 1. The molecule has 132 valence electrons. The standard InChI is InChI=1S/C20H24N2O3/c1-15-4-2-6-19(12-15)25-18-9-7-17(8-10-18)21-20(24)22-11-3-5-16(13-22)14-23/h2,4,6-10,12,16,23H,3,5,11,13-14H2,1H3,(H,21,24). The first kappa shape index (κ1) is 17.3. The Labute approximate surface area is 148 Å². The first-order chi connectivity index (χ1) is 12.1. The van der Waals surface area contributed by atoms with Crippen molar-refractivity contribution in [3.05, 3.63) is 54.1 Å². The first-order valence-corrected chi connectivity index (χ1v) is 8.65. The van der Waals surface area contributed by atoms with Gasteiger partial charge in [-0.25, -0.2) is 4.79 Å². The molecule has 5 nitrogen and oxygen atoms in total. The largest absolute Gasteiger partial charge is 0.457 e. The average molecular weight is 340 g/mol. The zero-order chi connectivity index (χ0) is 17.6. The number of carbonyl (C=O) groups is 1. The van der Waals surface area contributed by atoms with Crippen molar-refractivity contribution >= 4 is 11.7 Å². The third-order valence-corrected chi connectivity index (χ3v) is 4.40. The molecular weight excluding hydrogens is 316 g/mol. The van der Waals surface area contributed by atoms with Crippen molar-refractivity contribution in [2.24, 2.45) is 5.92 Å². The minimum atomic E-state index is -0.120. The number of aryl methyl sites for hydroxylation is 1. The summed E-state index contributed by atoms with van der Waals surface area (Å²) in [5, 5.41) is 12.2. The lowest BCUT2D eigenvalue weighted by atomic mass is 9.99. The summed E-state index contributed by atoms with van der Waals surface area (Å²) in [4.78, 5) is 14.1. The number of aliphatic hydroxyl groups excluding tert-OH is 1. The number of hydrogen-bond acceptors (Lipinski definition) is 3. The topological polar surface area (TPSA) is 61.8 Å². The summed E-state index contributed by atoms with van der Waals surface area (Å²) in [6, 6.07) is 15.1. The number of amides is 2. The second-order valence-corrected chi connectivity index (χ2v) is 6.51. The number of carbonyl (C=O) groups excluding carboxylic acids is 1. The quantitative estimate of drug-likeness (QED) is 0.883. The Kier molecular flexibility index (Phi) is 5.56. The Bertz CT molecular complexity index is 715. The smallest absolute Gasteiger partial charge is 0.321 e. The molecule has 0 radical (unpaired) electrons. The third kappa shape index (κ3) is 4.73. The Morgan fingerprint density at radius 2 is 2.04 bits per heavy atom. The number of rotatable bonds is 4. The molecule has 0 aliphatic carbocycles. The zero-order valence-corrected chi connectivity index (χ0v) is 14.4. The molecule has 1 atom stereocenters. The van der Waals surface area contributed by atoms with Crippen LogP contribution in [-0.2, 0) is 0 Å². The molecule has 0 bridgehead atoms. The molecule has 1 saturated heterocycles. The Morgan fingerprint density at radius 1 is 1.24 bits per heavy atom. The lowest BCUT2D eigenvalue weighted by molar-refractivity contribution is 0.136. The van der Waals surface area contributed by atoms with Crippen LogP contribution in [0.15, 0.2) is 48.5 Å². The van der Waals surface area contributed by atoms with Gasteiger partial charge < -0.3 is 20.1 Å². The highest BCUT2D eigenvalue weighted by Crippen LogP contribution is 2.24. The highest BCUT2D eigenvalue weighted by molar-refractivity contribution is 5.89. The maximum Gasteiger partial charge on any atom is 0.321 e. The van der Waals surface area contributed by atoms with Crippen molar-refractivity contribution in [1.82, 2.24) is 4.90 Å². The number of aliphatic hydroxyl groups is 1. The molecule has 2 aromatic carbocycles. The Hall–Kier alpha value is -2.53. The molecule has 0 saturated carbocycles. The van der Waals surface area contributed by atoms with Crippen molar-refractivity contribution < 1.29 is 14.6 Å². The Morgan fingerprint density at radius 3 is 2.76 bits per heavy atom. The highest BCUT2D eigenvalue weighted by Gasteiger charge is 2.23. The molecule has 2 aromatic rings. The van der Waals surface area contributed by atoms with Gasteiger partial charge in [0.25, 0.3) is 0 Å². The number of anilines is 1. The van der Waals surface area contributed by atoms with Gasteiger partial charge in [0.2, 0.25) is 0 Å². The molecule has 2 N–H and O–H groups in total. The van der Waals surface area contributed by atoms with Crippen molar-refractivity contribution in [2.45, 2.75) is 19.8 Å². The first-order valence-electron chi connectivity index (χ1n) is 8.65. The van der Waals surface area contributed by atoms with Crippen molar-refractivity contribution in [2.75, 3.05) is 25.0 Å². The van der Waals surface area contributed by atoms with E-state index in [4.69, 9.17) is 4.74 Å². The maximum absolute atomic E-state index is 12.3. The van der Waals surface area contributed by atoms with Gasteiger partial charge in [0.1, 0.15) is 11.5 Å². The lowest BCUT2D eigenvalue weighted by Gasteiger charge is -2.31. The minimum absolute atomic E-state index is 0.120. The number of urea groups is 1. The van der Waals surface area contributed by atoms with E-state index in [-0.39, 0.29) is 18.6 Å². The van der Waals surface area contributed by atoms with Crippen LogP contribution in [-0.4, -0.2) is 35.7 Å². The molecule has 0 spiro atoms. The maximum atomic E-state index is 12.3. The van der Waals surface area contributed by atoms with Gasteiger partial charge >= 0.3 is 6.03 Å². The van der Waals surface area contributed by atoms with Crippen LogP contribution in [0, 0.1) is 12.8 Å². The van der Waals surface area contributed by atoms with Crippen molar-refractivity contribution in [1.29, 1.82) is 0 Å². The van der Waals surface area contributed by atoms with E-state index >= 15 is 0 Å². The number of nitrogens with zero attached hydrogens (tertiary/aromatic N) is 1. The predicted octanol–water partition coefficient (Wildman–Crippen LogP) is 4.02. The van der Waals surface area contributed by atoms with Crippen LogP contribution in [0.25, 0.3) is 0 Å². The molecule has 3 rings (SSSR count). The molecule has 1 aliphatic rings. The van der Waals surface area contributed by atoms with Crippen LogP contribution in [0.2, 0.25) is 0 Å². The fraction of sp³-hybridized carbons (Fsp3) is 0.350. The van der Waals surface area contributed by atoms with E-state index in [1.165, 1.54) is 0 Å². The summed E-state index contributed by atoms with van der Waals surface area (Å²) in [5.74, 6) is 1.70.